The van der Waals surface area contributed by atoms with Gasteiger partial charge in [-0.15, -0.1) is 5.10 Å². The predicted molar refractivity (Wildman–Crippen MR) is 68.5 cm³/mol. The first-order valence-electron chi connectivity index (χ1n) is 4.54. The second kappa shape index (κ2) is 6.23. The van der Waals surface area contributed by atoms with E-state index in [0.717, 1.165) is 0 Å². The molecule has 10 heteroatoms. The van der Waals surface area contributed by atoms with Crippen molar-refractivity contribution in [3.8, 4) is 0 Å². The van der Waals surface area contributed by atoms with Crippen molar-refractivity contribution in [3.63, 3.8) is 0 Å². The first kappa shape index (κ1) is 15.0. The number of alkyl halides is 1. The maximum atomic E-state index is 12.1. The van der Waals surface area contributed by atoms with Crippen molar-refractivity contribution >= 4 is 41.9 Å². The highest BCUT2D eigenvalue weighted by Crippen LogP contribution is 2.18. The van der Waals surface area contributed by atoms with E-state index in [1.165, 1.54) is 18.8 Å². The summed E-state index contributed by atoms with van der Waals surface area (Å²) in [6.07, 6.45) is 0. The molecule has 0 amide bonds. The minimum absolute atomic E-state index is 0.0143. The van der Waals surface area contributed by atoms with Crippen LogP contribution in [0.5, 0.6) is 0 Å². The number of nitrogens with zero attached hydrogens (tertiary/aromatic N) is 3. The Kier molecular flexibility index (Phi) is 5.51. The zero-order chi connectivity index (χ0) is 13.1. The predicted octanol–water partition coefficient (Wildman–Crippen LogP) is 0.266. The molecule has 98 valence electrons. The van der Waals surface area contributed by atoms with E-state index < -0.39 is 10.0 Å². The number of sulfonamides is 1. The second-order valence-corrected chi connectivity index (χ2v) is 6.26. The zero-order valence-corrected chi connectivity index (χ0v) is 13.2. The highest BCUT2D eigenvalue weighted by Gasteiger charge is 2.26. The van der Waals surface area contributed by atoms with Crippen LogP contribution in [0.4, 0.5) is 0 Å². The normalized spacial score (nSPS) is 13.9. The first-order chi connectivity index (χ1) is 7.92. The first-order valence-corrected chi connectivity index (χ1v) is 7.94. The Hall–Kier alpha value is -0.0300. The molecule has 0 saturated heterocycles. The highest BCUT2D eigenvalue weighted by atomic mass is 79.9. The quantitative estimate of drug-likeness (QED) is 0.703. The fourth-order valence-electron chi connectivity index (χ4n) is 1.19. The average molecular weight is 392 g/mol. The summed E-state index contributed by atoms with van der Waals surface area (Å²) >= 11 is 6.26. The van der Waals surface area contributed by atoms with Crippen LogP contribution in [-0.4, -0.2) is 48.5 Å². The van der Waals surface area contributed by atoms with E-state index in [1.54, 1.807) is 0 Å². The second-order valence-electron chi connectivity index (χ2n) is 3.24. The molecule has 0 aliphatic rings. The Bertz CT molecular complexity index is 456. The Labute approximate surface area is 116 Å². The van der Waals surface area contributed by atoms with Crippen LogP contribution >= 0.6 is 31.9 Å². The van der Waals surface area contributed by atoms with Gasteiger partial charge in [-0.2, -0.15) is 0 Å². The van der Waals surface area contributed by atoms with Gasteiger partial charge in [0.05, 0.1) is 12.6 Å². The van der Waals surface area contributed by atoms with E-state index in [-0.39, 0.29) is 22.3 Å². The summed E-state index contributed by atoms with van der Waals surface area (Å²) in [5.41, 5.74) is 0. The molecule has 0 aliphatic carbocycles. The van der Waals surface area contributed by atoms with Crippen molar-refractivity contribution in [2.75, 3.05) is 19.0 Å². The molecule has 1 rings (SSSR count). The van der Waals surface area contributed by atoms with Crippen LogP contribution in [0.2, 0.25) is 0 Å². The molecule has 0 bridgehead atoms. The standard InChI is InChI=1S/C7H12Br2N4O3S/c1-13-7(6(9)10-12-13)17(14,15)11-5(3-8)4-16-2/h5,11H,3-4H2,1-2H3. The van der Waals surface area contributed by atoms with Crippen LogP contribution < -0.4 is 4.72 Å². The van der Waals surface area contributed by atoms with Gasteiger partial charge in [0, 0.05) is 19.5 Å². The number of aryl methyl sites for hydroxylation is 1. The number of aromatic nitrogens is 3. The lowest BCUT2D eigenvalue weighted by molar-refractivity contribution is 0.181. The molecule has 1 heterocycles. The maximum absolute atomic E-state index is 12.1. The van der Waals surface area contributed by atoms with Crippen molar-refractivity contribution in [2.45, 2.75) is 11.1 Å². The number of rotatable bonds is 6. The van der Waals surface area contributed by atoms with Gasteiger partial charge >= 0.3 is 0 Å². The van der Waals surface area contributed by atoms with E-state index in [1.807, 2.05) is 0 Å². The molecule has 0 aromatic carbocycles. The molecular formula is C7H12Br2N4O3S. The van der Waals surface area contributed by atoms with Crippen molar-refractivity contribution < 1.29 is 13.2 Å². The minimum atomic E-state index is -3.68. The van der Waals surface area contributed by atoms with Crippen LogP contribution in [0, 0.1) is 0 Å². The maximum Gasteiger partial charge on any atom is 0.260 e. The van der Waals surface area contributed by atoms with Crippen LogP contribution in [0.1, 0.15) is 0 Å². The molecular weight excluding hydrogens is 380 g/mol. The summed E-state index contributed by atoms with van der Waals surface area (Å²) in [7, 11) is -0.670. The summed E-state index contributed by atoms with van der Waals surface area (Å²) in [5.74, 6) is 0. The van der Waals surface area contributed by atoms with E-state index in [4.69, 9.17) is 4.74 Å². The molecule has 1 unspecified atom stereocenters. The third-order valence-corrected chi connectivity index (χ3v) is 5.06. The topological polar surface area (TPSA) is 86.1 Å². The summed E-state index contributed by atoms with van der Waals surface area (Å²) in [5, 5.41) is 7.68. The van der Waals surface area contributed by atoms with Gasteiger partial charge in [-0.05, 0) is 15.9 Å². The zero-order valence-electron chi connectivity index (χ0n) is 9.22. The van der Waals surface area contributed by atoms with Gasteiger partial charge in [0.25, 0.3) is 10.0 Å². The summed E-state index contributed by atoms with van der Waals surface area (Å²) in [6.45, 7) is 0.271. The van der Waals surface area contributed by atoms with E-state index >= 15 is 0 Å². The lowest BCUT2D eigenvalue weighted by atomic mass is 10.4. The molecule has 0 radical (unpaired) electrons. The van der Waals surface area contributed by atoms with Crippen molar-refractivity contribution in [3.05, 3.63) is 4.60 Å². The average Bonchev–Trinajstić information content (AvgIpc) is 2.58. The fraction of sp³-hybridized carbons (Fsp3) is 0.714. The molecule has 0 saturated carbocycles. The van der Waals surface area contributed by atoms with E-state index in [9.17, 15) is 8.42 Å². The Morgan fingerprint density at radius 3 is 2.65 bits per heavy atom. The van der Waals surface area contributed by atoms with Gasteiger partial charge in [-0.1, -0.05) is 21.1 Å². The lowest BCUT2D eigenvalue weighted by Gasteiger charge is -2.15. The third-order valence-electron chi connectivity index (χ3n) is 1.87. The number of nitrogens with one attached hydrogen (secondary N) is 1. The fourth-order valence-corrected chi connectivity index (χ4v) is 4.07. The highest BCUT2D eigenvalue weighted by molar-refractivity contribution is 9.10. The molecule has 0 spiro atoms. The van der Waals surface area contributed by atoms with Crippen LogP contribution in [0.15, 0.2) is 9.63 Å². The molecule has 0 fully saturated rings. The number of methoxy groups -OCH3 is 1. The molecule has 7 nitrogen and oxygen atoms in total. The smallest absolute Gasteiger partial charge is 0.260 e. The van der Waals surface area contributed by atoms with Gasteiger partial charge in [-0.25, -0.2) is 17.8 Å². The summed E-state index contributed by atoms with van der Waals surface area (Å²) in [6, 6.07) is -0.355. The van der Waals surface area contributed by atoms with Crippen LogP contribution in [-0.2, 0) is 21.8 Å². The SMILES string of the molecule is COCC(CBr)NS(=O)(=O)c1c(Br)nnn1C. The van der Waals surface area contributed by atoms with Crippen molar-refractivity contribution in [2.24, 2.45) is 7.05 Å². The van der Waals surface area contributed by atoms with E-state index in [2.05, 4.69) is 46.9 Å². The molecule has 1 N–H and O–H groups in total. The van der Waals surface area contributed by atoms with Gasteiger partial charge in [0.15, 0.2) is 4.60 Å². The van der Waals surface area contributed by atoms with Gasteiger partial charge in [-0.3, -0.25) is 0 Å². The third kappa shape index (κ3) is 3.71. The lowest BCUT2D eigenvalue weighted by Crippen LogP contribution is -2.40. The van der Waals surface area contributed by atoms with Crippen LogP contribution in [0.3, 0.4) is 0 Å². The van der Waals surface area contributed by atoms with Gasteiger partial charge in [0.1, 0.15) is 0 Å². The number of hydrogen-bond donors (Lipinski definition) is 1. The Morgan fingerprint density at radius 2 is 2.24 bits per heavy atom. The van der Waals surface area contributed by atoms with E-state index in [0.29, 0.717) is 5.33 Å². The van der Waals surface area contributed by atoms with Crippen molar-refractivity contribution in [1.82, 2.24) is 19.7 Å². The Morgan fingerprint density at radius 1 is 1.59 bits per heavy atom. The molecule has 1 atom stereocenters. The van der Waals surface area contributed by atoms with Gasteiger partial charge in [0.2, 0.25) is 5.03 Å². The molecule has 0 aliphatic heterocycles. The van der Waals surface area contributed by atoms with Crippen LogP contribution in [0.25, 0.3) is 0 Å². The molecule has 17 heavy (non-hydrogen) atoms. The van der Waals surface area contributed by atoms with Crippen molar-refractivity contribution in [1.29, 1.82) is 0 Å². The van der Waals surface area contributed by atoms with Gasteiger partial charge < -0.3 is 4.74 Å². The summed E-state index contributed by atoms with van der Waals surface area (Å²) in [4.78, 5) is 0. The number of ether oxygens (including phenoxy) is 1. The molecule has 1 aromatic rings. The number of halogens is 2. The largest absolute Gasteiger partial charge is 0.383 e. The summed E-state index contributed by atoms with van der Waals surface area (Å²) < 4.78 is 32.9. The monoisotopic (exact) mass is 390 g/mol. The number of hydrogen-bond acceptors (Lipinski definition) is 5. The molecule has 1 aromatic heterocycles. The minimum Gasteiger partial charge on any atom is -0.383 e. The Balaban J connectivity index is 2.96.